The topological polar surface area (TPSA) is 46.2 Å². The van der Waals surface area contributed by atoms with Gasteiger partial charge < -0.3 is 10.8 Å². The number of para-hydroxylation sites is 1. The molecular formula is C11H17NO. The fraction of sp³-hybridized carbons (Fsp3) is 0.455. The van der Waals surface area contributed by atoms with Gasteiger partial charge in [0.15, 0.2) is 0 Å². The lowest BCUT2D eigenvalue weighted by Gasteiger charge is -2.13. The second-order valence-electron chi connectivity index (χ2n) is 3.41. The average molecular weight is 179 g/mol. The van der Waals surface area contributed by atoms with Gasteiger partial charge in [0.25, 0.3) is 0 Å². The molecule has 13 heavy (non-hydrogen) atoms. The van der Waals surface area contributed by atoms with Gasteiger partial charge in [-0.25, -0.2) is 0 Å². The van der Waals surface area contributed by atoms with Crippen molar-refractivity contribution in [3.8, 4) is 5.75 Å². The maximum Gasteiger partial charge on any atom is 0.123 e. The molecule has 0 saturated heterocycles. The smallest absolute Gasteiger partial charge is 0.123 e. The van der Waals surface area contributed by atoms with Gasteiger partial charge in [0.2, 0.25) is 0 Å². The Morgan fingerprint density at radius 3 is 2.77 bits per heavy atom. The second-order valence-corrected chi connectivity index (χ2v) is 3.41. The summed E-state index contributed by atoms with van der Waals surface area (Å²) in [5.74, 6) is 0.350. The predicted octanol–water partition coefficient (Wildman–Crippen LogP) is 2.50. The highest BCUT2D eigenvalue weighted by molar-refractivity contribution is 5.41. The monoisotopic (exact) mass is 179 g/mol. The molecule has 0 aliphatic carbocycles. The molecule has 0 heterocycles. The molecule has 2 nitrogen and oxygen atoms in total. The Kier molecular flexibility index (Phi) is 3.32. The lowest BCUT2D eigenvalue weighted by Crippen LogP contribution is -2.10. The van der Waals surface area contributed by atoms with Crippen LogP contribution in [-0.4, -0.2) is 5.11 Å². The molecule has 0 unspecified atom stereocenters. The van der Waals surface area contributed by atoms with E-state index in [1.807, 2.05) is 25.1 Å². The van der Waals surface area contributed by atoms with Crippen molar-refractivity contribution >= 4 is 0 Å². The first kappa shape index (κ1) is 10.1. The molecule has 2 heteroatoms. The maximum absolute atomic E-state index is 9.71. The Morgan fingerprint density at radius 2 is 2.15 bits per heavy atom. The molecule has 3 N–H and O–H groups in total. The van der Waals surface area contributed by atoms with E-state index in [0.29, 0.717) is 5.75 Å². The van der Waals surface area contributed by atoms with Crippen LogP contribution in [0.5, 0.6) is 5.75 Å². The van der Waals surface area contributed by atoms with Gasteiger partial charge in [-0.15, -0.1) is 0 Å². The van der Waals surface area contributed by atoms with E-state index in [4.69, 9.17) is 5.73 Å². The van der Waals surface area contributed by atoms with Crippen LogP contribution in [0.1, 0.15) is 36.9 Å². The molecule has 0 amide bonds. The normalized spacial score (nSPS) is 12.8. The van der Waals surface area contributed by atoms with Crippen molar-refractivity contribution < 1.29 is 5.11 Å². The van der Waals surface area contributed by atoms with Gasteiger partial charge in [-0.1, -0.05) is 31.5 Å². The molecule has 1 aromatic carbocycles. The summed E-state index contributed by atoms with van der Waals surface area (Å²) in [6.45, 7) is 3.98. The molecule has 72 valence electrons. The number of hydrogen-bond donors (Lipinski definition) is 2. The van der Waals surface area contributed by atoms with Gasteiger partial charge in [-0.05, 0) is 18.9 Å². The maximum atomic E-state index is 9.71. The second kappa shape index (κ2) is 4.28. The van der Waals surface area contributed by atoms with Crippen molar-refractivity contribution in [3.05, 3.63) is 29.3 Å². The van der Waals surface area contributed by atoms with Crippen molar-refractivity contribution in [1.82, 2.24) is 0 Å². The van der Waals surface area contributed by atoms with Crippen LogP contribution in [0.2, 0.25) is 0 Å². The summed E-state index contributed by atoms with van der Waals surface area (Å²) < 4.78 is 0. The zero-order valence-electron chi connectivity index (χ0n) is 8.25. The summed E-state index contributed by atoms with van der Waals surface area (Å²) in [5.41, 5.74) is 7.67. The van der Waals surface area contributed by atoms with Crippen LogP contribution in [0, 0.1) is 6.92 Å². The van der Waals surface area contributed by atoms with Crippen LogP contribution in [0.3, 0.4) is 0 Å². The lowest BCUT2D eigenvalue weighted by molar-refractivity contribution is 0.454. The van der Waals surface area contributed by atoms with Crippen LogP contribution in [0.25, 0.3) is 0 Å². The fourth-order valence-electron chi connectivity index (χ4n) is 1.45. The minimum atomic E-state index is -0.0371. The summed E-state index contributed by atoms with van der Waals surface area (Å²) in [7, 11) is 0. The third kappa shape index (κ3) is 2.22. The van der Waals surface area contributed by atoms with E-state index in [1.54, 1.807) is 0 Å². The van der Waals surface area contributed by atoms with Crippen molar-refractivity contribution in [3.63, 3.8) is 0 Å². The number of rotatable bonds is 3. The van der Waals surface area contributed by atoms with Crippen molar-refractivity contribution in [2.45, 2.75) is 32.7 Å². The predicted molar refractivity (Wildman–Crippen MR) is 54.7 cm³/mol. The number of phenolic OH excluding ortho intramolecular Hbond substituents is 1. The molecule has 0 saturated carbocycles. The first-order valence-electron chi connectivity index (χ1n) is 4.70. The molecule has 0 aliphatic heterocycles. The lowest BCUT2D eigenvalue weighted by atomic mass is 10.00. The number of aryl methyl sites for hydroxylation is 1. The van der Waals surface area contributed by atoms with E-state index in [1.165, 1.54) is 0 Å². The molecule has 0 aromatic heterocycles. The Hall–Kier alpha value is -1.02. The number of aromatic hydroxyl groups is 1. The van der Waals surface area contributed by atoms with E-state index in [2.05, 4.69) is 6.92 Å². The first-order chi connectivity index (χ1) is 6.16. The van der Waals surface area contributed by atoms with Crippen LogP contribution in [0.4, 0.5) is 0 Å². The van der Waals surface area contributed by atoms with E-state index in [9.17, 15) is 5.11 Å². The van der Waals surface area contributed by atoms with Crippen LogP contribution >= 0.6 is 0 Å². The molecule has 1 atom stereocenters. The SMILES string of the molecule is CCC[C@H](N)c1cccc(C)c1O. The van der Waals surface area contributed by atoms with E-state index < -0.39 is 0 Å². The minimum Gasteiger partial charge on any atom is -0.507 e. The van der Waals surface area contributed by atoms with Crippen molar-refractivity contribution in [2.24, 2.45) is 5.73 Å². The van der Waals surface area contributed by atoms with Gasteiger partial charge >= 0.3 is 0 Å². The van der Waals surface area contributed by atoms with E-state index >= 15 is 0 Å². The highest BCUT2D eigenvalue weighted by Crippen LogP contribution is 2.28. The van der Waals surface area contributed by atoms with Crippen molar-refractivity contribution in [1.29, 1.82) is 0 Å². The molecule has 0 fully saturated rings. The minimum absolute atomic E-state index is 0.0371. The molecule has 0 spiro atoms. The Balaban J connectivity index is 2.93. The third-order valence-corrected chi connectivity index (χ3v) is 2.27. The molecule has 1 rings (SSSR count). The molecule has 0 aliphatic rings. The molecular weight excluding hydrogens is 162 g/mol. The largest absolute Gasteiger partial charge is 0.507 e. The first-order valence-corrected chi connectivity index (χ1v) is 4.70. The fourth-order valence-corrected chi connectivity index (χ4v) is 1.45. The van der Waals surface area contributed by atoms with Crippen molar-refractivity contribution in [2.75, 3.05) is 0 Å². The zero-order chi connectivity index (χ0) is 9.84. The highest BCUT2D eigenvalue weighted by atomic mass is 16.3. The summed E-state index contributed by atoms with van der Waals surface area (Å²) in [6.07, 6.45) is 1.95. The number of nitrogens with two attached hydrogens (primary N) is 1. The summed E-state index contributed by atoms with van der Waals surface area (Å²) in [5, 5.41) is 9.71. The quantitative estimate of drug-likeness (QED) is 0.748. The number of phenols is 1. The van der Waals surface area contributed by atoms with Gasteiger partial charge in [0, 0.05) is 11.6 Å². The molecule has 0 radical (unpaired) electrons. The Morgan fingerprint density at radius 1 is 1.46 bits per heavy atom. The van der Waals surface area contributed by atoms with Gasteiger partial charge in [0.05, 0.1) is 0 Å². The molecule has 0 bridgehead atoms. The van der Waals surface area contributed by atoms with Crippen LogP contribution in [0.15, 0.2) is 18.2 Å². The highest BCUT2D eigenvalue weighted by Gasteiger charge is 2.10. The van der Waals surface area contributed by atoms with Crippen LogP contribution < -0.4 is 5.73 Å². The molecule has 1 aromatic rings. The van der Waals surface area contributed by atoms with Crippen LogP contribution in [-0.2, 0) is 0 Å². The summed E-state index contributed by atoms with van der Waals surface area (Å²) in [4.78, 5) is 0. The summed E-state index contributed by atoms with van der Waals surface area (Å²) in [6, 6.07) is 5.67. The van der Waals surface area contributed by atoms with E-state index in [0.717, 1.165) is 24.0 Å². The van der Waals surface area contributed by atoms with Gasteiger partial charge in [0.1, 0.15) is 5.75 Å². The number of hydrogen-bond acceptors (Lipinski definition) is 2. The number of benzene rings is 1. The average Bonchev–Trinajstić information content (AvgIpc) is 2.10. The third-order valence-electron chi connectivity index (χ3n) is 2.27. The summed E-state index contributed by atoms with van der Waals surface area (Å²) >= 11 is 0. The van der Waals surface area contributed by atoms with E-state index in [-0.39, 0.29) is 6.04 Å². The van der Waals surface area contributed by atoms with Gasteiger partial charge in [-0.2, -0.15) is 0 Å². The Labute approximate surface area is 79.4 Å². The standard InChI is InChI=1S/C11H17NO/c1-3-5-10(12)9-7-4-6-8(2)11(9)13/h4,6-7,10,13H,3,5,12H2,1-2H3/t10-/m0/s1. The zero-order valence-corrected chi connectivity index (χ0v) is 8.25. The van der Waals surface area contributed by atoms with Gasteiger partial charge in [-0.3, -0.25) is 0 Å². The Bertz CT molecular complexity index is 283.